The fourth-order valence-electron chi connectivity index (χ4n) is 3.55. The van der Waals surface area contributed by atoms with Gasteiger partial charge in [0, 0.05) is 30.4 Å². The Bertz CT molecular complexity index is 1440. The Hall–Kier alpha value is -3.53. The highest BCUT2D eigenvalue weighted by Crippen LogP contribution is 2.31. The number of nitrogens with zero attached hydrogens (tertiary/aromatic N) is 1. The highest BCUT2D eigenvalue weighted by molar-refractivity contribution is 7.91. The average molecular weight is 509 g/mol. The van der Waals surface area contributed by atoms with Crippen LogP contribution in [0.4, 0.5) is 0 Å². The van der Waals surface area contributed by atoms with Crippen LogP contribution in [-0.2, 0) is 27.8 Å². The van der Waals surface area contributed by atoms with E-state index in [1.165, 1.54) is 29.8 Å². The zero-order chi connectivity index (χ0) is 25.0. The summed E-state index contributed by atoms with van der Waals surface area (Å²) in [6.45, 7) is 0.414. The van der Waals surface area contributed by atoms with Gasteiger partial charge < -0.3 is 10.1 Å². The van der Waals surface area contributed by atoms with E-state index in [-0.39, 0.29) is 23.2 Å². The third-order valence-corrected chi connectivity index (χ3v) is 8.86. The number of hydrogen-bond acceptors (Lipinski definition) is 6. The number of rotatable bonds is 8. The number of thiophene rings is 1. The Kier molecular flexibility index (Phi) is 7.30. The molecule has 0 saturated carbocycles. The van der Waals surface area contributed by atoms with Crippen molar-refractivity contribution >= 4 is 43.3 Å². The van der Waals surface area contributed by atoms with Crippen LogP contribution in [0.15, 0.2) is 83.1 Å². The molecule has 0 spiro atoms. The molecule has 0 fully saturated rings. The maximum atomic E-state index is 13.1. The lowest BCUT2D eigenvalue weighted by Crippen LogP contribution is -2.26. The van der Waals surface area contributed by atoms with E-state index in [1.807, 2.05) is 24.3 Å². The topological polar surface area (TPSA) is 92.8 Å². The molecular weight excluding hydrogens is 484 g/mol. The molecule has 0 aliphatic rings. The van der Waals surface area contributed by atoms with E-state index < -0.39 is 16.0 Å². The van der Waals surface area contributed by atoms with Gasteiger partial charge in [-0.25, -0.2) is 13.2 Å². The number of benzene rings is 3. The van der Waals surface area contributed by atoms with Crippen molar-refractivity contribution in [1.82, 2.24) is 9.62 Å². The molecule has 1 aromatic heterocycles. The fourth-order valence-corrected chi connectivity index (χ4v) is 6.32. The smallest absolute Gasteiger partial charge is 0.337 e. The number of nitrogens with one attached hydrogen (secondary N) is 1. The van der Waals surface area contributed by atoms with Gasteiger partial charge in [-0.1, -0.05) is 42.5 Å². The molecule has 0 radical (unpaired) electrons. The van der Waals surface area contributed by atoms with Gasteiger partial charge in [0.25, 0.3) is 15.9 Å². The second kappa shape index (κ2) is 10.4. The third kappa shape index (κ3) is 5.59. The van der Waals surface area contributed by atoms with Crippen LogP contribution in [0.5, 0.6) is 0 Å². The van der Waals surface area contributed by atoms with Crippen molar-refractivity contribution in [2.45, 2.75) is 17.3 Å². The largest absolute Gasteiger partial charge is 0.465 e. The lowest BCUT2D eigenvalue weighted by atomic mass is 10.1. The quantitative estimate of drug-likeness (QED) is 0.355. The molecule has 0 aliphatic heterocycles. The molecule has 180 valence electrons. The molecule has 0 atom stereocenters. The van der Waals surface area contributed by atoms with Gasteiger partial charge in [0.1, 0.15) is 4.21 Å². The molecule has 1 N–H and O–H groups in total. The summed E-state index contributed by atoms with van der Waals surface area (Å²) in [6.07, 6.45) is 0. The Morgan fingerprint density at radius 2 is 1.66 bits per heavy atom. The van der Waals surface area contributed by atoms with Crippen LogP contribution in [-0.4, -0.2) is 38.8 Å². The average Bonchev–Trinajstić information content (AvgIpc) is 3.32. The lowest BCUT2D eigenvalue weighted by Gasteiger charge is -2.16. The monoisotopic (exact) mass is 508 g/mol. The molecule has 0 saturated heterocycles. The molecule has 0 aliphatic carbocycles. The number of amides is 1. The van der Waals surface area contributed by atoms with Gasteiger partial charge in [-0.3, -0.25) is 4.79 Å². The standard InChI is InChI=1S/C26H24N2O5S2/c1-28(35(31,32)24-15-21-7-3-4-9-23(21)34-24)17-19-6-5-8-22(14-19)25(29)27-16-18-10-12-20(13-11-18)26(30)33-2/h3-15H,16-17H2,1-2H3,(H,27,29). The van der Waals surface area contributed by atoms with Gasteiger partial charge in [-0.05, 0) is 52.9 Å². The zero-order valence-electron chi connectivity index (χ0n) is 19.2. The molecule has 3 aromatic carbocycles. The summed E-state index contributed by atoms with van der Waals surface area (Å²) in [5.74, 6) is -0.698. The van der Waals surface area contributed by atoms with E-state index in [2.05, 4.69) is 10.1 Å². The maximum absolute atomic E-state index is 13.1. The van der Waals surface area contributed by atoms with Gasteiger partial charge in [-0.15, -0.1) is 11.3 Å². The normalized spacial score (nSPS) is 11.5. The Morgan fingerprint density at radius 3 is 2.37 bits per heavy atom. The van der Waals surface area contributed by atoms with Gasteiger partial charge in [-0.2, -0.15) is 4.31 Å². The maximum Gasteiger partial charge on any atom is 0.337 e. The van der Waals surface area contributed by atoms with Crippen LogP contribution in [0.2, 0.25) is 0 Å². The van der Waals surface area contributed by atoms with Crippen molar-refractivity contribution in [3.05, 3.63) is 101 Å². The van der Waals surface area contributed by atoms with Crippen LogP contribution in [0.1, 0.15) is 31.8 Å². The van der Waals surface area contributed by atoms with E-state index >= 15 is 0 Å². The second-order valence-corrected chi connectivity index (χ2v) is 11.3. The van der Waals surface area contributed by atoms with E-state index in [0.717, 1.165) is 15.6 Å². The van der Waals surface area contributed by atoms with E-state index in [0.29, 0.717) is 16.7 Å². The Labute approximate surface area is 208 Å². The molecule has 0 bridgehead atoms. The second-order valence-electron chi connectivity index (χ2n) is 7.94. The number of ether oxygens (including phenoxy) is 1. The van der Waals surface area contributed by atoms with Gasteiger partial charge in [0.2, 0.25) is 0 Å². The van der Waals surface area contributed by atoms with Crippen LogP contribution < -0.4 is 5.32 Å². The van der Waals surface area contributed by atoms with E-state index in [9.17, 15) is 18.0 Å². The van der Waals surface area contributed by atoms with Crippen molar-refractivity contribution in [2.75, 3.05) is 14.2 Å². The summed E-state index contributed by atoms with van der Waals surface area (Å²) in [4.78, 5) is 24.2. The van der Waals surface area contributed by atoms with Crippen LogP contribution in [0, 0.1) is 0 Å². The third-order valence-electron chi connectivity index (χ3n) is 5.49. The minimum Gasteiger partial charge on any atom is -0.465 e. The van der Waals surface area contributed by atoms with Crippen molar-refractivity contribution in [2.24, 2.45) is 0 Å². The number of fused-ring (bicyclic) bond motifs is 1. The molecular formula is C26H24N2O5S2. The minimum absolute atomic E-state index is 0.132. The first-order valence-electron chi connectivity index (χ1n) is 10.8. The molecule has 7 nitrogen and oxygen atoms in total. The molecule has 1 amide bonds. The number of carbonyl (C=O) groups excluding carboxylic acids is 2. The number of methoxy groups -OCH3 is 1. The number of sulfonamides is 1. The molecule has 35 heavy (non-hydrogen) atoms. The van der Waals surface area contributed by atoms with Crippen LogP contribution in [0.25, 0.3) is 10.1 Å². The minimum atomic E-state index is -3.67. The van der Waals surface area contributed by atoms with E-state index in [1.54, 1.807) is 54.6 Å². The van der Waals surface area contributed by atoms with Crippen molar-refractivity contribution in [3.8, 4) is 0 Å². The summed E-state index contributed by atoms with van der Waals surface area (Å²) in [7, 11) is -0.818. The summed E-state index contributed by atoms with van der Waals surface area (Å²) in [5, 5.41) is 3.74. The van der Waals surface area contributed by atoms with Gasteiger partial charge in [0.15, 0.2) is 0 Å². The summed E-state index contributed by atoms with van der Waals surface area (Å²) in [6, 6.07) is 22.9. The first kappa shape index (κ1) is 24.6. The zero-order valence-corrected chi connectivity index (χ0v) is 20.9. The van der Waals surface area contributed by atoms with Crippen LogP contribution in [0.3, 0.4) is 0 Å². The SMILES string of the molecule is COC(=O)c1ccc(CNC(=O)c2cccc(CN(C)S(=O)(=O)c3cc4ccccc4s3)c2)cc1. The van der Waals surface area contributed by atoms with E-state index in [4.69, 9.17) is 0 Å². The number of hydrogen-bond donors (Lipinski definition) is 1. The Morgan fingerprint density at radius 1 is 0.914 bits per heavy atom. The molecule has 4 aromatic rings. The van der Waals surface area contributed by atoms with Crippen molar-refractivity contribution in [1.29, 1.82) is 0 Å². The molecule has 4 rings (SSSR count). The predicted octanol–water partition coefficient (Wildman–Crippen LogP) is 4.44. The highest BCUT2D eigenvalue weighted by atomic mass is 32.2. The number of carbonyl (C=O) groups is 2. The van der Waals surface area contributed by atoms with Crippen molar-refractivity contribution < 1.29 is 22.7 Å². The molecule has 0 unspecified atom stereocenters. The number of esters is 1. The lowest BCUT2D eigenvalue weighted by molar-refractivity contribution is 0.0600. The molecule has 9 heteroatoms. The van der Waals surface area contributed by atoms with Crippen molar-refractivity contribution in [3.63, 3.8) is 0 Å². The molecule has 1 heterocycles. The predicted molar refractivity (Wildman–Crippen MR) is 136 cm³/mol. The first-order chi connectivity index (χ1) is 16.8. The first-order valence-corrected chi connectivity index (χ1v) is 13.0. The van der Waals surface area contributed by atoms with Gasteiger partial charge in [0.05, 0.1) is 12.7 Å². The Balaban J connectivity index is 1.41. The highest BCUT2D eigenvalue weighted by Gasteiger charge is 2.23. The van der Waals surface area contributed by atoms with Gasteiger partial charge >= 0.3 is 5.97 Å². The fraction of sp³-hybridized carbons (Fsp3) is 0.154. The summed E-state index contributed by atoms with van der Waals surface area (Å²) >= 11 is 1.24. The summed E-state index contributed by atoms with van der Waals surface area (Å²) < 4.78 is 33.4. The summed E-state index contributed by atoms with van der Waals surface area (Å²) in [5.41, 5.74) is 2.40. The van der Waals surface area contributed by atoms with Crippen LogP contribution >= 0.6 is 11.3 Å².